The molecule has 1 saturated heterocycles. The number of rotatable bonds is 3. The van der Waals surface area contributed by atoms with Crippen LogP contribution < -0.4 is 10.1 Å². The molecule has 0 amide bonds. The zero-order chi connectivity index (χ0) is 11.5. The zero-order valence-electron chi connectivity index (χ0n) is 8.44. The SMILES string of the molecule is O=C(O)[C@@H]1C[C@@H](Oc2cc[c]c(F)c2)CN1. The average Bonchev–Trinajstić information content (AvgIpc) is 2.66. The van der Waals surface area contributed by atoms with Gasteiger partial charge in [0.15, 0.2) is 0 Å². The molecule has 1 aliphatic heterocycles. The van der Waals surface area contributed by atoms with Gasteiger partial charge in [0.1, 0.15) is 23.7 Å². The van der Waals surface area contributed by atoms with Gasteiger partial charge in [0.05, 0.1) is 0 Å². The van der Waals surface area contributed by atoms with Crippen molar-refractivity contribution < 1.29 is 19.0 Å². The van der Waals surface area contributed by atoms with E-state index in [2.05, 4.69) is 11.4 Å². The highest BCUT2D eigenvalue weighted by Crippen LogP contribution is 2.17. The molecular weight excluding hydrogens is 213 g/mol. The maximum absolute atomic E-state index is 12.8. The van der Waals surface area contributed by atoms with E-state index in [0.29, 0.717) is 18.7 Å². The Kier molecular flexibility index (Phi) is 3.05. The second-order valence-corrected chi connectivity index (χ2v) is 3.65. The van der Waals surface area contributed by atoms with Gasteiger partial charge in [-0.2, -0.15) is 0 Å². The lowest BCUT2D eigenvalue weighted by Gasteiger charge is -2.12. The van der Waals surface area contributed by atoms with Crippen molar-refractivity contribution >= 4 is 5.97 Å². The van der Waals surface area contributed by atoms with Gasteiger partial charge in [0.2, 0.25) is 0 Å². The summed E-state index contributed by atoms with van der Waals surface area (Å²) in [4.78, 5) is 10.7. The first kappa shape index (κ1) is 10.9. The molecule has 1 radical (unpaired) electrons. The summed E-state index contributed by atoms with van der Waals surface area (Å²) in [5.74, 6) is -0.981. The minimum absolute atomic E-state index is 0.233. The summed E-state index contributed by atoms with van der Waals surface area (Å²) >= 11 is 0. The number of aliphatic carboxylic acids is 1. The number of nitrogens with one attached hydrogen (secondary N) is 1. The predicted octanol–water partition coefficient (Wildman–Crippen LogP) is 0.820. The average molecular weight is 224 g/mol. The van der Waals surface area contributed by atoms with Crippen LogP contribution in [0.2, 0.25) is 0 Å². The first-order chi connectivity index (χ1) is 7.65. The molecule has 1 heterocycles. The van der Waals surface area contributed by atoms with Crippen LogP contribution in [0.5, 0.6) is 5.75 Å². The Bertz CT molecular complexity index is 397. The van der Waals surface area contributed by atoms with Crippen LogP contribution in [-0.4, -0.2) is 29.8 Å². The second kappa shape index (κ2) is 4.49. The van der Waals surface area contributed by atoms with Crippen LogP contribution in [0.25, 0.3) is 0 Å². The summed E-state index contributed by atoms with van der Waals surface area (Å²) < 4.78 is 18.3. The van der Waals surface area contributed by atoms with Crippen molar-refractivity contribution in [3.05, 3.63) is 30.1 Å². The number of benzene rings is 1. The number of carboxylic acids is 1. The molecule has 4 nitrogen and oxygen atoms in total. The van der Waals surface area contributed by atoms with Gasteiger partial charge in [-0.15, -0.1) is 0 Å². The Morgan fingerprint density at radius 1 is 1.69 bits per heavy atom. The molecule has 1 aliphatic rings. The zero-order valence-corrected chi connectivity index (χ0v) is 8.44. The van der Waals surface area contributed by atoms with Gasteiger partial charge < -0.3 is 15.2 Å². The minimum atomic E-state index is -0.890. The van der Waals surface area contributed by atoms with Crippen LogP contribution in [0.1, 0.15) is 6.42 Å². The van der Waals surface area contributed by atoms with Crippen molar-refractivity contribution in [3.63, 3.8) is 0 Å². The molecule has 0 spiro atoms. The van der Waals surface area contributed by atoms with E-state index in [1.165, 1.54) is 12.1 Å². The van der Waals surface area contributed by atoms with Crippen molar-refractivity contribution in [2.75, 3.05) is 6.54 Å². The van der Waals surface area contributed by atoms with Crippen LogP contribution in [-0.2, 0) is 4.79 Å². The number of hydrogen-bond acceptors (Lipinski definition) is 3. The van der Waals surface area contributed by atoms with E-state index in [0.717, 1.165) is 0 Å². The van der Waals surface area contributed by atoms with Gasteiger partial charge in [-0.1, -0.05) is 0 Å². The van der Waals surface area contributed by atoms with Crippen molar-refractivity contribution in [3.8, 4) is 5.75 Å². The van der Waals surface area contributed by atoms with Gasteiger partial charge in [-0.25, -0.2) is 4.39 Å². The molecule has 0 unspecified atom stereocenters. The Labute approximate surface area is 92.0 Å². The summed E-state index contributed by atoms with van der Waals surface area (Å²) in [7, 11) is 0. The summed E-state index contributed by atoms with van der Waals surface area (Å²) in [5.41, 5.74) is 0. The van der Waals surface area contributed by atoms with Crippen LogP contribution in [0.4, 0.5) is 4.39 Å². The van der Waals surface area contributed by atoms with Gasteiger partial charge in [0, 0.05) is 25.1 Å². The highest BCUT2D eigenvalue weighted by molar-refractivity contribution is 5.73. The maximum Gasteiger partial charge on any atom is 0.320 e. The number of ether oxygens (including phenoxy) is 1. The lowest BCUT2D eigenvalue weighted by atomic mass is 10.2. The summed E-state index contributed by atoms with van der Waals surface area (Å²) in [5, 5.41) is 11.6. The first-order valence-electron chi connectivity index (χ1n) is 4.95. The summed E-state index contributed by atoms with van der Waals surface area (Å²) in [6, 6.07) is 6.05. The highest BCUT2D eigenvalue weighted by atomic mass is 19.1. The van der Waals surface area contributed by atoms with E-state index in [9.17, 15) is 9.18 Å². The normalized spacial score (nSPS) is 24.3. The van der Waals surface area contributed by atoms with Crippen LogP contribution >= 0.6 is 0 Å². The molecule has 1 aromatic carbocycles. The number of halogens is 1. The van der Waals surface area contributed by atoms with Gasteiger partial charge >= 0.3 is 5.97 Å². The lowest BCUT2D eigenvalue weighted by Crippen LogP contribution is -2.30. The third-order valence-corrected chi connectivity index (χ3v) is 2.43. The van der Waals surface area contributed by atoms with Gasteiger partial charge in [0.25, 0.3) is 0 Å². The summed E-state index contributed by atoms with van der Waals surface area (Å²) in [6.07, 6.45) is 0.151. The fourth-order valence-electron chi connectivity index (χ4n) is 1.67. The fraction of sp³-hybridized carbons (Fsp3) is 0.364. The van der Waals surface area contributed by atoms with Gasteiger partial charge in [-0.05, 0) is 12.1 Å². The molecule has 16 heavy (non-hydrogen) atoms. The van der Waals surface area contributed by atoms with E-state index >= 15 is 0 Å². The molecule has 0 aromatic heterocycles. The van der Waals surface area contributed by atoms with E-state index in [1.807, 2.05) is 0 Å². The molecule has 2 atom stereocenters. The second-order valence-electron chi connectivity index (χ2n) is 3.65. The summed E-state index contributed by atoms with van der Waals surface area (Å²) in [6.45, 7) is 0.456. The smallest absolute Gasteiger partial charge is 0.320 e. The monoisotopic (exact) mass is 224 g/mol. The molecule has 1 aromatic rings. The highest BCUT2D eigenvalue weighted by Gasteiger charge is 2.30. The van der Waals surface area contributed by atoms with E-state index < -0.39 is 17.8 Å². The Balaban J connectivity index is 1.94. The molecule has 0 saturated carbocycles. The van der Waals surface area contributed by atoms with E-state index in [-0.39, 0.29) is 6.10 Å². The third kappa shape index (κ3) is 2.49. The van der Waals surface area contributed by atoms with Crippen LogP contribution in [0.15, 0.2) is 18.2 Å². The predicted molar refractivity (Wildman–Crippen MR) is 53.7 cm³/mol. The first-order valence-corrected chi connectivity index (χ1v) is 4.95. The quantitative estimate of drug-likeness (QED) is 0.798. The molecule has 0 bridgehead atoms. The topological polar surface area (TPSA) is 58.6 Å². The largest absolute Gasteiger partial charge is 0.489 e. The van der Waals surface area contributed by atoms with Gasteiger partial charge in [-0.3, -0.25) is 4.79 Å². The number of hydrogen-bond donors (Lipinski definition) is 2. The Morgan fingerprint density at radius 2 is 2.50 bits per heavy atom. The van der Waals surface area contributed by atoms with E-state index in [1.54, 1.807) is 6.07 Å². The Morgan fingerprint density at radius 3 is 3.12 bits per heavy atom. The lowest BCUT2D eigenvalue weighted by molar-refractivity contribution is -0.139. The molecule has 85 valence electrons. The molecule has 5 heteroatoms. The van der Waals surface area contributed by atoms with Crippen LogP contribution in [0.3, 0.4) is 0 Å². The number of carboxylic acid groups (broad SMARTS) is 1. The number of carbonyl (C=O) groups is 1. The maximum atomic E-state index is 12.8. The van der Waals surface area contributed by atoms with Crippen molar-refractivity contribution in [1.82, 2.24) is 5.32 Å². The minimum Gasteiger partial charge on any atom is -0.489 e. The van der Waals surface area contributed by atoms with Crippen molar-refractivity contribution in [2.24, 2.45) is 0 Å². The third-order valence-electron chi connectivity index (χ3n) is 2.43. The fourth-order valence-corrected chi connectivity index (χ4v) is 1.67. The molecular formula is C11H11FNO3. The van der Waals surface area contributed by atoms with Crippen molar-refractivity contribution in [1.29, 1.82) is 0 Å². The molecule has 2 N–H and O–H groups in total. The molecule has 2 rings (SSSR count). The Hall–Kier alpha value is -1.62. The van der Waals surface area contributed by atoms with Crippen LogP contribution in [0, 0.1) is 11.9 Å². The van der Waals surface area contributed by atoms with E-state index in [4.69, 9.17) is 9.84 Å². The molecule has 1 fully saturated rings. The van der Waals surface area contributed by atoms with Crippen molar-refractivity contribution in [2.45, 2.75) is 18.6 Å². The standard InChI is InChI=1S/C11H11FNO3/c12-7-2-1-3-8(4-7)16-9-5-10(11(14)15)13-6-9/h1,3-4,9-10,13H,5-6H2,(H,14,15)/t9-,10+/m1/s1. The molecule has 0 aliphatic carbocycles.